The van der Waals surface area contributed by atoms with E-state index in [0.29, 0.717) is 6.61 Å². The van der Waals surface area contributed by atoms with Crippen molar-refractivity contribution in [2.75, 3.05) is 33.3 Å². The van der Waals surface area contributed by atoms with Crippen LogP contribution < -0.4 is 14.8 Å². The molecule has 0 aliphatic carbocycles. The average molecular weight is 361 g/mol. The highest BCUT2D eigenvalue weighted by molar-refractivity contribution is 7.09. The summed E-state index contributed by atoms with van der Waals surface area (Å²) in [6.07, 6.45) is 1.31. The van der Waals surface area contributed by atoms with Crippen molar-refractivity contribution >= 4 is 11.3 Å². The van der Waals surface area contributed by atoms with Gasteiger partial charge in [-0.25, -0.2) is 0 Å². The Morgan fingerprint density at radius 3 is 2.92 bits per heavy atom. The summed E-state index contributed by atoms with van der Waals surface area (Å²) in [4.78, 5) is 3.74. The fourth-order valence-corrected chi connectivity index (χ4v) is 3.89. The van der Waals surface area contributed by atoms with Gasteiger partial charge in [0.1, 0.15) is 6.61 Å². The lowest BCUT2D eigenvalue weighted by Gasteiger charge is -2.15. The average Bonchev–Trinajstić information content (AvgIpc) is 3.32. The van der Waals surface area contributed by atoms with Gasteiger partial charge in [-0.3, -0.25) is 0 Å². The topological polar surface area (TPSA) is 33.7 Å². The van der Waals surface area contributed by atoms with Crippen LogP contribution in [0.1, 0.15) is 23.8 Å². The lowest BCUT2D eigenvalue weighted by atomic mass is 10.1. The third-order valence-corrected chi connectivity index (χ3v) is 5.61. The molecule has 4 nitrogen and oxygen atoms in total. The van der Waals surface area contributed by atoms with Gasteiger partial charge in [0, 0.05) is 18.0 Å². The van der Waals surface area contributed by atoms with Gasteiger partial charge in [0.2, 0.25) is 0 Å². The molecule has 1 aliphatic heterocycles. The van der Waals surface area contributed by atoms with Gasteiger partial charge >= 0.3 is 0 Å². The molecule has 1 atom stereocenters. The minimum Gasteiger partial charge on any atom is -0.493 e. The zero-order chi connectivity index (χ0) is 17.5. The molecule has 1 N–H and O–H groups in total. The molecule has 1 fully saturated rings. The molecule has 0 spiro atoms. The van der Waals surface area contributed by atoms with E-state index in [4.69, 9.17) is 9.47 Å². The molecule has 3 rings (SSSR count). The molecular formula is C20H28N2O2S. The monoisotopic (exact) mass is 360 g/mol. The van der Waals surface area contributed by atoms with Gasteiger partial charge in [0.05, 0.1) is 7.11 Å². The lowest BCUT2D eigenvalue weighted by molar-refractivity contribution is 0.287. The van der Waals surface area contributed by atoms with Gasteiger partial charge in [0.15, 0.2) is 11.5 Å². The van der Waals surface area contributed by atoms with Crippen molar-refractivity contribution in [3.05, 3.63) is 46.2 Å². The highest BCUT2D eigenvalue weighted by atomic mass is 32.1. The number of methoxy groups -OCH3 is 1. The SMILES string of the molecule is CCN1CCC(CNCc2ccc(OCc3cccs3)c(OC)c2)C1. The Hall–Kier alpha value is -1.56. The zero-order valence-corrected chi connectivity index (χ0v) is 16.0. The third-order valence-electron chi connectivity index (χ3n) is 4.76. The standard InChI is InChI=1S/C20H28N2O2S/c1-3-22-9-8-17(14-22)13-21-12-16-6-7-19(20(11-16)23-2)24-15-18-5-4-10-25-18/h4-7,10-11,17,21H,3,8-9,12-15H2,1-2H3. The number of ether oxygens (including phenoxy) is 2. The van der Waals surface area contributed by atoms with E-state index in [1.807, 2.05) is 12.1 Å². The fourth-order valence-electron chi connectivity index (χ4n) is 3.27. The van der Waals surface area contributed by atoms with E-state index in [9.17, 15) is 0 Å². The molecule has 1 aliphatic rings. The molecule has 0 bridgehead atoms. The van der Waals surface area contributed by atoms with Crippen molar-refractivity contribution in [1.29, 1.82) is 0 Å². The van der Waals surface area contributed by atoms with Gasteiger partial charge in [-0.15, -0.1) is 11.3 Å². The Kier molecular flexibility index (Phi) is 6.73. The highest BCUT2D eigenvalue weighted by Crippen LogP contribution is 2.29. The van der Waals surface area contributed by atoms with Crippen molar-refractivity contribution in [2.45, 2.75) is 26.5 Å². The van der Waals surface area contributed by atoms with Crippen LogP contribution in [0, 0.1) is 5.92 Å². The van der Waals surface area contributed by atoms with Gasteiger partial charge < -0.3 is 19.7 Å². The largest absolute Gasteiger partial charge is 0.493 e. The Bertz CT molecular complexity index is 645. The second-order valence-electron chi connectivity index (χ2n) is 6.53. The predicted octanol–water partition coefficient (Wildman–Crippen LogP) is 3.77. The Balaban J connectivity index is 1.49. The minimum absolute atomic E-state index is 0.585. The second-order valence-corrected chi connectivity index (χ2v) is 7.56. The maximum absolute atomic E-state index is 5.90. The van der Waals surface area contributed by atoms with E-state index < -0.39 is 0 Å². The molecule has 0 radical (unpaired) electrons. The number of benzene rings is 1. The summed E-state index contributed by atoms with van der Waals surface area (Å²) in [5, 5.41) is 5.66. The minimum atomic E-state index is 0.585. The maximum atomic E-state index is 5.90. The normalized spacial score (nSPS) is 17.8. The first-order chi connectivity index (χ1) is 12.3. The first-order valence-corrected chi connectivity index (χ1v) is 9.91. The molecule has 1 aromatic carbocycles. The molecule has 0 saturated carbocycles. The molecule has 25 heavy (non-hydrogen) atoms. The van der Waals surface area contributed by atoms with Gasteiger partial charge in [-0.2, -0.15) is 0 Å². The van der Waals surface area contributed by atoms with Crippen LogP contribution in [0.25, 0.3) is 0 Å². The van der Waals surface area contributed by atoms with Gasteiger partial charge in [-0.1, -0.05) is 19.1 Å². The zero-order valence-electron chi connectivity index (χ0n) is 15.2. The van der Waals surface area contributed by atoms with E-state index in [-0.39, 0.29) is 0 Å². The van der Waals surface area contributed by atoms with Gasteiger partial charge in [0.25, 0.3) is 0 Å². The van der Waals surface area contributed by atoms with Gasteiger partial charge in [-0.05, 0) is 61.1 Å². The molecule has 5 heteroatoms. The molecule has 2 aromatic rings. The van der Waals surface area contributed by atoms with E-state index in [2.05, 4.69) is 40.7 Å². The Morgan fingerprint density at radius 2 is 2.20 bits per heavy atom. The molecule has 136 valence electrons. The third kappa shape index (κ3) is 5.21. The Labute approximate surface area is 154 Å². The van der Waals surface area contributed by atoms with Crippen LogP contribution >= 0.6 is 11.3 Å². The van der Waals surface area contributed by atoms with Crippen LogP contribution in [0.4, 0.5) is 0 Å². The lowest BCUT2D eigenvalue weighted by Crippen LogP contribution is -2.26. The summed E-state index contributed by atoms with van der Waals surface area (Å²) in [6.45, 7) is 8.40. The van der Waals surface area contributed by atoms with Crippen molar-refractivity contribution in [3.63, 3.8) is 0 Å². The van der Waals surface area contributed by atoms with Crippen LogP contribution in [0.15, 0.2) is 35.7 Å². The molecule has 1 saturated heterocycles. The number of likely N-dealkylation sites (tertiary alicyclic amines) is 1. The van der Waals surface area contributed by atoms with E-state index >= 15 is 0 Å². The highest BCUT2D eigenvalue weighted by Gasteiger charge is 2.20. The van der Waals surface area contributed by atoms with Crippen LogP contribution in [0.3, 0.4) is 0 Å². The van der Waals surface area contributed by atoms with Crippen molar-refractivity contribution in [1.82, 2.24) is 10.2 Å². The molecule has 1 unspecified atom stereocenters. The number of thiophene rings is 1. The van der Waals surface area contributed by atoms with Crippen molar-refractivity contribution < 1.29 is 9.47 Å². The Morgan fingerprint density at radius 1 is 1.28 bits per heavy atom. The van der Waals surface area contributed by atoms with Crippen LogP contribution in [0.2, 0.25) is 0 Å². The predicted molar refractivity (Wildman–Crippen MR) is 104 cm³/mol. The number of rotatable bonds is 9. The van der Waals surface area contributed by atoms with E-state index in [1.54, 1.807) is 18.4 Å². The molecular weight excluding hydrogens is 332 g/mol. The van der Waals surface area contributed by atoms with Crippen molar-refractivity contribution in [3.8, 4) is 11.5 Å². The number of nitrogens with zero attached hydrogens (tertiary/aromatic N) is 1. The first kappa shape index (κ1) is 18.2. The smallest absolute Gasteiger partial charge is 0.161 e. The number of nitrogens with one attached hydrogen (secondary N) is 1. The second kappa shape index (κ2) is 9.22. The van der Waals surface area contributed by atoms with Crippen molar-refractivity contribution in [2.24, 2.45) is 5.92 Å². The summed E-state index contributed by atoms with van der Waals surface area (Å²) >= 11 is 1.70. The number of hydrogen-bond acceptors (Lipinski definition) is 5. The summed E-state index contributed by atoms with van der Waals surface area (Å²) < 4.78 is 11.4. The quantitative estimate of drug-likeness (QED) is 0.738. The van der Waals surface area contributed by atoms with E-state index in [0.717, 1.165) is 30.5 Å². The molecule has 0 amide bonds. The number of hydrogen-bond donors (Lipinski definition) is 1. The molecule has 2 heterocycles. The van der Waals surface area contributed by atoms with Crippen LogP contribution in [-0.4, -0.2) is 38.2 Å². The maximum Gasteiger partial charge on any atom is 0.161 e. The van der Waals surface area contributed by atoms with Crippen LogP contribution in [-0.2, 0) is 13.2 Å². The summed E-state index contributed by atoms with van der Waals surface area (Å²) in [7, 11) is 1.70. The van der Waals surface area contributed by atoms with E-state index in [1.165, 1.54) is 36.5 Å². The molecule has 1 aromatic heterocycles. The first-order valence-electron chi connectivity index (χ1n) is 9.03. The summed E-state index contributed by atoms with van der Waals surface area (Å²) in [5.41, 5.74) is 1.23. The fraction of sp³-hybridized carbons (Fsp3) is 0.500. The summed E-state index contributed by atoms with van der Waals surface area (Å²) in [5.74, 6) is 2.37. The summed E-state index contributed by atoms with van der Waals surface area (Å²) in [6, 6.07) is 10.3. The van der Waals surface area contributed by atoms with Crippen LogP contribution in [0.5, 0.6) is 11.5 Å².